The molecule has 0 aliphatic heterocycles. The molecule has 1 aromatic carbocycles. The minimum atomic E-state index is -5.03. The Kier molecular flexibility index (Phi) is 2.91. The highest BCUT2D eigenvalue weighted by atomic mass is 79.9. The molecule has 2 nitrogen and oxygen atoms in total. The predicted molar refractivity (Wildman–Crippen MR) is 49.3 cm³/mol. The summed E-state index contributed by atoms with van der Waals surface area (Å²) in [5.74, 6) is 0. The van der Waals surface area contributed by atoms with Crippen molar-refractivity contribution in [2.24, 2.45) is 0 Å². The van der Waals surface area contributed by atoms with Crippen molar-refractivity contribution in [2.45, 2.75) is 10.4 Å². The molecule has 0 saturated heterocycles. The topological polar surface area (TPSA) is 40.9 Å². The van der Waals surface area contributed by atoms with Crippen LogP contribution in [0.3, 0.4) is 0 Å². The van der Waals surface area contributed by atoms with E-state index in [9.17, 15) is 17.4 Å². The third-order valence-electron chi connectivity index (χ3n) is 1.47. The van der Waals surface area contributed by atoms with Gasteiger partial charge in [-0.3, -0.25) is 0 Å². The zero-order chi connectivity index (χ0) is 11.0. The van der Waals surface area contributed by atoms with Crippen molar-refractivity contribution >= 4 is 25.7 Å². The SMILES string of the molecule is N=S(=O)(c1ccc(Br)cc1)C(F)(F)F. The molecule has 0 spiro atoms. The van der Waals surface area contributed by atoms with Gasteiger partial charge in [-0.1, -0.05) is 15.9 Å². The first-order chi connectivity index (χ1) is 6.25. The maximum atomic E-state index is 12.1. The molecule has 1 aromatic rings. The summed E-state index contributed by atoms with van der Waals surface area (Å²) in [6, 6.07) is 4.67. The second-order valence-electron chi connectivity index (χ2n) is 2.46. The van der Waals surface area contributed by atoms with Gasteiger partial charge in [-0.2, -0.15) is 13.2 Å². The van der Waals surface area contributed by atoms with Gasteiger partial charge in [-0.15, -0.1) is 0 Å². The normalized spacial score (nSPS) is 16.3. The monoisotopic (exact) mass is 287 g/mol. The van der Waals surface area contributed by atoms with Crippen LogP contribution in [0.15, 0.2) is 33.6 Å². The van der Waals surface area contributed by atoms with Crippen LogP contribution in [0.25, 0.3) is 0 Å². The molecule has 0 heterocycles. The Morgan fingerprint density at radius 3 is 2.00 bits per heavy atom. The largest absolute Gasteiger partial charge is 0.483 e. The maximum absolute atomic E-state index is 12.1. The highest BCUT2D eigenvalue weighted by molar-refractivity contribution is 9.10. The van der Waals surface area contributed by atoms with Crippen molar-refractivity contribution in [3.63, 3.8) is 0 Å². The van der Waals surface area contributed by atoms with Gasteiger partial charge in [-0.25, -0.2) is 8.99 Å². The molecule has 0 fully saturated rings. The van der Waals surface area contributed by atoms with E-state index in [4.69, 9.17) is 4.78 Å². The lowest BCUT2D eigenvalue weighted by Gasteiger charge is -2.10. The molecule has 0 radical (unpaired) electrons. The van der Waals surface area contributed by atoms with Gasteiger partial charge in [0.15, 0.2) is 9.73 Å². The number of rotatable bonds is 1. The molecule has 0 saturated carbocycles. The van der Waals surface area contributed by atoms with Crippen LogP contribution >= 0.6 is 15.9 Å². The van der Waals surface area contributed by atoms with Gasteiger partial charge in [0.2, 0.25) is 0 Å². The molecule has 0 aliphatic carbocycles. The van der Waals surface area contributed by atoms with Gasteiger partial charge in [0.05, 0.1) is 4.90 Å². The van der Waals surface area contributed by atoms with Gasteiger partial charge >= 0.3 is 5.51 Å². The molecule has 1 unspecified atom stereocenters. The van der Waals surface area contributed by atoms with Crippen molar-refractivity contribution in [1.82, 2.24) is 0 Å². The number of halogens is 4. The fourth-order valence-corrected chi connectivity index (χ4v) is 1.81. The van der Waals surface area contributed by atoms with E-state index in [-0.39, 0.29) is 0 Å². The minimum absolute atomic E-state index is 0.534. The number of hydrogen-bond donors (Lipinski definition) is 1. The average molecular weight is 288 g/mol. The van der Waals surface area contributed by atoms with Crippen LogP contribution in [0, 0.1) is 4.78 Å². The Morgan fingerprint density at radius 1 is 1.21 bits per heavy atom. The van der Waals surface area contributed by atoms with Gasteiger partial charge in [0, 0.05) is 4.47 Å². The average Bonchev–Trinajstić information content (AvgIpc) is 2.03. The van der Waals surface area contributed by atoms with E-state index < -0.39 is 20.1 Å². The number of alkyl halides is 3. The van der Waals surface area contributed by atoms with Gasteiger partial charge in [-0.05, 0) is 24.3 Å². The highest BCUT2D eigenvalue weighted by Gasteiger charge is 2.42. The van der Waals surface area contributed by atoms with Crippen molar-refractivity contribution < 1.29 is 17.4 Å². The van der Waals surface area contributed by atoms with Crippen molar-refractivity contribution in [2.75, 3.05) is 0 Å². The maximum Gasteiger partial charge on any atom is 0.483 e. The van der Waals surface area contributed by atoms with Crippen molar-refractivity contribution in [3.8, 4) is 0 Å². The van der Waals surface area contributed by atoms with E-state index in [1.165, 1.54) is 12.1 Å². The molecular weight excluding hydrogens is 283 g/mol. The predicted octanol–water partition coefficient (Wildman–Crippen LogP) is 3.37. The van der Waals surface area contributed by atoms with Crippen molar-refractivity contribution in [3.05, 3.63) is 28.7 Å². The molecule has 0 aliphatic rings. The van der Waals surface area contributed by atoms with E-state index in [0.29, 0.717) is 4.47 Å². The third-order valence-corrected chi connectivity index (χ3v) is 3.59. The summed E-state index contributed by atoms with van der Waals surface area (Å²) in [6.45, 7) is 0. The zero-order valence-corrected chi connectivity index (χ0v) is 9.04. The second kappa shape index (κ2) is 3.54. The van der Waals surface area contributed by atoms with E-state index >= 15 is 0 Å². The summed E-state index contributed by atoms with van der Waals surface area (Å²) in [4.78, 5) is -0.534. The van der Waals surface area contributed by atoms with Crippen LogP contribution in [0.1, 0.15) is 0 Å². The number of nitrogens with one attached hydrogen (secondary N) is 1. The first-order valence-electron chi connectivity index (χ1n) is 3.36. The summed E-state index contributed by atoms with van der Waals surface area (Å²) in [7, 11) is -4.71. The summed E-state index contributed by atoms with van der Waals surface area (Å²) >= 11 is 3.03. The first-order valence-corrected chi connectivity index (χ1v) is 5.71. The molecule has 0 aromatic heterocycles. The molecule has 78 valence electrons. The van der Waals surface area contributed by atoms with E-state index in [1.807, 2.05) is 0 Å². The van der Waals surface area contributed by atoms with Gasteiger partial charge < -0.3 is 0 Å². The Morgan fingerprint density at radius 2 is 1.64 bits per heavy atom. The van der Waals surface area contributed by atoms with Crippen LogP contribution in [0.4, 0.5) is 13.2 Å². The van der Waals surface area contributed by atoms with Crippen LogP contribution in [-0.4, -0.2) is 9.72 Å². The van der Waals surface area contributed by atoms with E-state index in [2.05, 4.69) is 15.9 Å². The molecule has 0 amide bonds. The molecule has 0 bridgehead atoms. The van der Waals surface area contributed by atoms with E-state index in [0.717, 1.165) is 12.1 Å². The Balaban J connectivity index is 3.25. The van der Waals surface area contributed by atoms with E-state index in [1.54, 1.807) is 0 Å². The smallest absolute Gasteiger partial charge is 0.241 e. The lowest BCUT2D eigenvalue weighted by molar-refractivity contribution is -0.0406. The molecule has 1 N–H and O–H groups in total. The highest BCUT2D eigenvalue weighted by Crippen LogP contribution is 2.31. The lowest BCUT2D eigenvalue weighted by atomic mass is 10.4. The molecule has 1 rings (SSSR count). The van der Waals surface area contributed by atoms with Crippen LogP contribution in [-0.2, 0) is 9.73 Å². The second-order valence-corrected chi connectivity index (χ2v) is 5.42. The quantitative estimate of drug-likeness (QED) is 0.845. The summed E-state index contributed by atoms with van der Waals surface area (Å²) in [5, 5.41) is 0. The number of benzene rings is 1. The first kappa shape index (κ1) is 11.5. The summed E-state index contributed by atoms with van der Waals surface area (Å²) < 4.78 is 54.8. The zero-order valence-electron chi connectivity index (χ0n) is 6.64. The molecule has 1 atom stereocenters. The molecule has 7 heteroatoms. The Hall–Kier alpha value is -0.560. The Labute approximate surface area is 87.2 Å². The van der Waals surface area contributed by atoms with Gasteiger partial charge in [0.25, 0.3) is 0 Å². The van der Waals surface area contributed by atoms with Gasteiger partial charge in [0.1, 0.15) is 0 Å². The number of hydrogen-bond acceptors (Lipinski definition) is 2. The lowest BCUT2D eigenvalue weighted by Crippen LogP contribution is -2.21. The fourth-order valence-electron chi connectivity index (χ4n) is 0.760. The standard InChI is InChI=1S/C7H5BrF3NOS/c8-5-1-3-6(4-2-5)14(12,13)7(9,10)11/h1-4,12H. The minimum Gasteiger partial charge on any atom is -0.241 e. The molecule has 14 heavy (non-hydrogen) atoms. The van der Waals surface area contributed by atoms with Crippen molar-refractivity contribution in [1.29, 1.82) is 4.78 Å². The fraction of sp³-hybridized carbons (Fsp3) is 0.143. The van der Waals surface area contributed by atoms with Crippen LogP contribution < -0.4 is 0 Å². The molecular formula is C7H5BrF3NOS. The Bertz CT molecular complexity index is 423. The third kappa shape index (κ3) is 2.09. The summed E-state index contributed by atoms with van der Waals surface area (Å²) in [6.07, 6.45) is 0. The summed E-state index contributed by atoms with van der Waals surface area (Å²) in [5.41, 5.74) is -5.03. The van der Waals surface area contributed by atoms with Crippen LogP contribution in [0.5, 0.6) is 0 Å². The van der Waals surface area contributed by atoms with Crippen LogP contribution in [0.2, 0.25) is 0 Å².